The summed E-state index contributed by atoms with van der Waals surface area (Å²) in [6.07, 6.45) is 0. The number of hydrogen-bond acceptors (Lipinski definition) is 4. The molecular weight excluding hydrogens is 464 g/mol. The van der Waals surface area contributed by atoms with Gasteiger partial charge in [0.1, 0.15) is 9.50 Å². The minimum atomic E-state index is 0.0185. The van der Waals surface area contributed by atoms with Crippen LogP contribution in [0.4, 0.5) is 5.69 Å². The third kappa shape index (κ3) is 3.08. The standard InChI is InChI=1S/C23H15BrN2OS2/c1-14-12-13-17(24)18-20(14)26(16-10-6-3-7-11-16)23-19(21(18)27)22(28-29-23)25-15-8-4-2-5-9-15/h2-13H,1H3. The largest absolute Gasteiger partial charge is 0.300 e. The lowest BCUT2D eigenvalue weighted by atomic mass is 10.1. The van der Waals surface area contributed by atoms with Gasteiger partial charge in [-0.15, -0.1) is 0 Å². The molecule has 0 aliphatic heterocycles. The fraction of sp³-hybridized carbons (Fsp3) is 0.0435. The van der Waals surface area contributed by atoms with E-state index < -0.39 is 0 Å². The van der Waals surface area contributed by atoms with Gasteiger partial charge in [0, 0.05) is 10.2 Å². The van der Waals surface area contributed by atoms with Crippen molar-refractivity contribution in [3.05, 3.63) is 97.7 Å². The average Bonchev–Trinajstić information content (AvgIpc) is 3.16. The monoisotopic (exact) mass is 478 g/mol. The van der Waals surface area contributed by atoms with Crippen molar-refractivity contribution in [1.82, 2.24) is 4.57 Å². The molecule has 29 heavy (non-hydrogen) atoms. The van der Waals surface area contributed by atoms with E-state index in [9.17, 15) is 4.79 Å². The van der Waals surface area contributed by atoms with E-state index in [-0.39, 0.29) is 5.43 Å². The Hall–Kier alpha value is -2.54. The van der Waals surface area contributed by atoms with E-state index in [2.05, 4.69) is 32.6 Å². The van der Waals surface area contributed by atoms with Crippen LogP contribution in [0.15, 0.2) is 87.1 Å². The van der Waals surface area contributed by atoms with Crippen LogP contribution in [0.5, 0.6) is 0 Å². The molecule has 0 aliphatic carbocycles. The van der Waals surface area contributed by atoms with Crippen LogP contribution in [0.1, 0.15) is 5.56 Å². The lowest BCUT2D eigenvalue weighted by molar-refractivity contribution is 1.16. The van der Waals surface area contributed by atoms with Gasteiger partial charge < -0.3 is 0 Å². The van der Waals surface area contributed by atoms with Crippen LogP contribution in [-0.2, 0) is 0 Å². The van der Waals surface area contributed by atoms with Crippen LogP contribution in [0.3, 0.4) is 0 Å². The van der Waals surface area contributed by atoms with Crippen molar-refractivity contribution in [2.45, 2.75) is 6.92 Å². The van der Waals surface area contributed by atoms with Crippen LogP contribution < -0.4 is 10.1 Å². The summed E-state index contributed by atoms with van der Waals surface area (Å²) >= 11 is 3.62. The Morgan fingerprint density at radius 1 is 0.862 bits per heavy atom. The predicted molar refractivity (Wildman–Crippen MR) is 127 cm³/mol. The Labute approximate surface area is 182 Å². The molecule has 142 valence electrons. The molecular formula is C23H15BrN2OS2. The molecule has 5 rings (SSSR count). The molecule has 6 heteroatoms. The highest BCUT2D eigenvalue weighted by Crippen LogP contribution is 2.32. The summed E-state index contributed by atoms with van der Waals surface area (Å²) in [6, 6.07) is 23.9. The fourth-order valence-electron chi connectivity index (χ4n) is 3.52. The molecule has 0 bridgehead atoms. The first kappa shape index (κ1) is 18.5. The van der Waals surface area contributed by atoms with Crippen molar-refractivity contribution in [3.63, 3.8) is 0 Å². The van der Waals surface area contributed by atoms with Crippen LogP contribution in [-0.4, -0.2) is 4.57 Å². The summed E-state index contributed by atoms with van der Waals surface area (Å²) in [6.45, 7) is 2.05. The predicted octanol–water partition coefficient (Wildman–Crippen LogP) is 6.57. The molecule has 0 atom stereocenters. The van der Waals surface area contributed by atoms with Crippen molar-refractivity contribution in [3.8, 4) is 5.69 Å². The molecule has 3 nitrogen and oxygen atoms in total. The minimum Gasteiger partial charge on any atom is -0.300 e. The van der Waals surface area contributed by atoms with Gasteiger partial charge in [0.2, 0.25) is 5.43 Å². The number of aromatic nitrogens is 1. The van der Waals surface area contributed by atoms with Crippen molar-refractivity contribution < 1.29 is 0 Å². The maximum atomic E-state index is 13.6. The Kier molecular flexibility index (Phi) is 4.70. The number of aryl methyl sites for hydroxylation is 1. The summed E-state index contributed by atoms with van der Waals surface area (Å²) in [5.74, 6) is 0. The van der Waals surface area contributed by atoms with Gasteiger partial charge in [0.15, 0.2) is 0 Å². The molecule has 0 N–H and O–H groups in total. The zero-order valence-corrected chi connectivity index (χ0v) is 18.6. The Bertz CT molecular complexity index is 1480. The quantitative estimate of drug-likeness (QED) is 0.264. The van der Waals surface area contributed by atoms with Crippen LogP contribution in [0, 0.1) is 6.92 Å². The van der Waals surface area contributed by atoms with Crippen LogP contribution >= 0.6 is 36.6 Å². The Morgan fingerprint density at radius 3 is 2.28 bits per heavy atom. The van der Waals surface area contributed by atoms with E-state index >= 15 is 0 Å². The van der Waals surface area contributed by atoms with Gasteiger partial charge in [0.05, 0.1) is 22.0 Å². The second-order valence-corrected chi connectivity index (χ2v) is 9.65. The van der Waals surface area contributed by atoms with Crippen molar-refractivity contribution in [2.24, 2.45) is 4.99 Å². The van der Waals surface area contributed by atoms with E-state index in [0.717, 1.165) is 36.4 Å². The van der Waals surface area contributed by atoms with Gasteiger partial charge in [-0.05, 0) is 58.7 Å². The van der Waals surface area contributed by atoms with Gasteiger partial charge in [-0.3, -0.25) is 9.36 Å². The third-order valence-corrected chi connectivity index (χ3v) is 7.78. The van der Waals surface area contributed by atoms with E-state index in [1.165, 1.54) is 0 Å². The van der Waals surface area contributed by atoms with E-state index in [1.54, 1.807) is 20.7 Å². The summed E-state index contributed by atoms with van der Waals surface area (Å²) in [5.41, 5.74) is 3.89. The van der Waals surface area contributed by atoms with Crippen LogP contribution in [0.25, 0.3) is 26.8 Å². The number of benzene rings is 3. The van der Waals surface area contributed by atoms with Gasteiger partial charge >= 0.3 is 0 Å². The Balaban J connectivity index is 2.02. The summed E-state index contributed by atoms with van der Waals surface area (Å²) in [5, 5.41) is 1.36. The summed E-state index contributed by atoms with van der Waals surface area (Å²) < 4.78 is 3.75. The SMILES string of the molecule is Cc1ccc(Br)c2c(=O)c3c(=Nc4ccccc4)ssc3n(-c3ccccc3)c12. The van der Waals surface area contributed by atoms with Gasteiger partial charge in [-0.2, -0.15) is 0 Å². The molecule has 0 saturated heterocycles. The first-order valence-electron chi connectivity index (χ1n) is 9.07. The number of fused-ring (bicyclic) bond motifs is 2. The maximum absolute atomic E-state index is 13.6. The van der Waals surface area contributed by atoms with Crippen molar-refractivity contribution in [2.75, 3.05) is 0 Å². The lowest BCUT2D eigenvalue weighted by Crippen LogP contribution is -2.15. The first-order valence-corrected chi connectivity index (χ1v) is 12.0. The molecule has 0 fully saturated rings. The topological polar surface area (TPSA) is 34.4 Å². The highest BCUT2D eigenvalue weighted by molar-refractivity contribution is 9.10. The van der Waals surface area contributed by atoms with Gasteiger partial charge in [0.25, 0.3) is 0 Å². The van der Waals surface area contributed by atoms with E-state index in [0.29, 0.717) is 10.8 Å². The molecule has 3 aromatic carbocycles. The van der Waals surface area contributed by atoms with Crippen molar-refractivity contribution >= 4 is 63.4 Å². The summed E-state index contributed by atoms with van der Waals surface area (Å²) in [7, 11) is 3.14. The minimum absolute atomic E-state index is 0.0185. The molecule has 2 aromatic heterocycles. The highest BCUT2D eigenvalue weighted by Gasteiger charge is 2.19. The number of hydrogen-bond donors (Lipinski definition) is 0. The number of para-hydroxylation sites is 2. The molecule has 0 saturated carbocycles. The molecule has 5 aromatic rings. The fourth-order valence-corrected chi connectivity index (χ4v) is 6.51. The van der Waals surface area contributed by atoms with Crippen molar-refractivity contribution in [1.29, 1.82) is 0 Å². The lowest BCUT2D eigenvalue weighted by Gasteiger charge is -2.15. The first-order chi connectivity index (χ1) is 14.1. The molecule has 0 amide bonds. The van der Waals surface area contributed by atoms with Gasteiger partial charge in [-0.1, -0.05) is 63.1 Å². The average molecular weight is 479 g/mol. The number of halogens is 1. The zero-order valence-electron chi connectivity index (χ0n) is 15.4. The normalized spacial score (nSPS) is 12.1. The molecule has 0 radical (unpaired) electrons. The number of rotatable bonds is 2. The zero-order chi connectivity index (χ0) is 20.0. The van der Waals surface area contributed by atoms with E-state index in [4.69, 9.17) is 4.99 Å². The second kappa shape index (κ2) is 7.37. The third-order valence-electron chi connectivity index (χ3n) is 4.84. The molecule has 0 aliphatic rings. The number of nitrogens with zero attached hydrogens (tertiary/aromatic N) is 2. The second-order valence-electron chi connectivity index (χ2n) is 6.69. The highest BCUT2D eigenvalue weighted by atomic mass is 79.9. The molecule has 0 unspecified atom stereocenters. The molecule has 2 heterocycles. The Morgan fingerprint density at radius 2 is 1.55 bits per heavy atom. The summed E-state index contributed by atoms with van der Waals surface area (Å²) in [4.78, 5) is 19.3. The van der Waals surface area contributed by atoms with Crippen LogP contribution in [0.2, 0.25) is 0 Å². The van der Waals surface area contributed by atoms with Gasteiger partial charge in [-0.25, -0.2) is 4.99 Å². The number of pyridine rings is 1. The smallest absolute Gasteiger partial charge is 0.202 e. The molecule has 0 spiro atoms. The maximum Gasteiger partial charge on any atom is 0.202 e. The van der Waals surface area contributed by atoms with E-state index in [1.807, 2.05) is 67.6 Å².